The molecule has 1 fully saturated rings. The van der Waals surface area contributed by atoms with Gasteiger partial charge in [-0.1, -0.05) is 30.3 Å². The molecule has 0 radical (unpaired) electrons. The van der Waals surface area contributed by atoms with Crippen LogP contribution in [0.15, 0.2) is 48.2 Å². The van der Waals surface area contributed by atoms with Gasteiger partial charge in [0.15, 0.2) is 11.6 Å². The molecule has 30 heavy (non-hydrogen) atoms. The number of hydrogen-bond donors (Lipinski definition) is 2. The summed E-state index contributed by atoms with van der Waals surface area (Å²) in [6, 6.07) is 9.42. The number of aromatic nitrogens is 2. The number of carbonyl (C=O) groups excluding carboxylic acids is 1. The predicted molar refractivity (Wildman–Crippen MR) is 112 cm³/mol. The van der Waals surface area contributed by atoms with E-state index in [2.05, 4.69) is 15.3 Å². The van der Waals surface area contributed by atoms with Crippen molar-refractivity contribution >= 4 is 19.3 Å². The van der Waals surface area contributed by atoms with Gasteiger partial charge in [-0.05, 0) is 44.8 Å². The zero-order valence-electron chi connectivity index (χ0n) is 17.6. The quantitative estimate of drug-likeness (QED) is 0.704. The average molecular weight is 411 g/mol. The van der Waals surface area contributed by atoms with Crippen molar-refractivity contribution in [3.05, 3.63) is 59.6 Å². The molecule has 9 heteroatoms. The van der Waals surface area contributed by atoms with Crippen LogP contribution in [0.5, 0.6) is 5.75 Å². The molecule has 158 valence electrons. The second kappa shape index (κ2) is 8.85. The highest BCUT2D eigenvalue weighted by Crippen LogP contribution is 2.38. The predicted octanol–water partition coefficient (Wildman–Crippen LogP) is 3.12. The van der Waals surface area contributed by atoms with Crippen LogP contribution in [0.4, 0.5) is 4.79 Å². The van der Waals surface area contributed by atoms with E-state index in [9.17, 15) is 9.90 Å². The maximum atomic E-state index is 12.2. The minimum Gasteiger partial charge on any atom is -0.505 e. The van der Waals surface area contributed by atoms with Crippen LogP contribution in [-0.2, 0) is 20.7 Å². The molecule has 2 heterocycles. The van der Waals surface area contributed by atoms with Crippen molar-refractivity contribution < 1.29 is 23.9 Å². The fourth-order valence-electron chi connectivity index (χ4n) is 2.72. The average Bonchev–Trinajstić information content (AvgIpc) is 2.93. The Balaban J connectivity index is 1.70. The Bertz CT molecular complexity index is 885. The van der Waals surface area contributed by atoms with E-state index in [0.717, 1.165) is 5.56 Å². The maximum absolute atomic E-state index is 12.2. The van der Waals surface area contributed by atoms with Crippen LogP contribution in [0.1, 0.15) is 39.1 Å². The van der Waals surface area contributed by atoms with Gasteiger partial charge >= 0.3 is 13.2 Å². The summed E-state index contributed by atoms with van der Waals surface area (Å²) in [4.78, 5) is 20.3. The molecule has 1 aromatic heterocycles. The molecule has 0 unspecified atom stereocenters. The number of ether oxygens (including phenoxy) is 1. The second-order valence-corrected chi connectivity index (χ2v) is 8.02. The zero-order valence-corrected chi connectivity index (χ0v) is 17.6. The first-order valence-electron chi connectivity index (χ1n) is 9.68. The Kier molecular flexibility index (Phi) is 6.43. The molecule has 3 rings (SSSR count). The van der Waals surface area contributed by atoms with Crippen molar-refractivity contribution in [2.45, 2.75) is 45.5 Å². The fourth-order valence-corrected chi connectivity index (χ4v) is 2.72. The largest absolute Gasteiger partial charge is 0.505 e. The molecular weight excluding hydrogens is 385 g/mol. The number of alkyl carbamates (subject to hydrolysis) is 1. The fraction of sp³-hybridized carbons (Fsp3) is 0.381. The van der Waals surface area contributed by atoms with Gasteiger partial charge in [0.05, 0.1) is 23.6 Å². The van der Waals surface area contributed by atoms with Crippen molar-refractivity contribution in [2.24, 2.45) is 0 Å². The molecule has 2 N–H and O–H groups in total. The molecular formula is C21H26BN3O5. The maximum Gasteiger partial charge on any atom is 0.492 e. The molecule has 1 aromatic carbocycles. The van der Waals surface area contributed by atoms with Gasteiger partial charge in [-0.25, -0.2) is 14.8 Å². The van der Waals surface area contributed by atoms with Crippen LogP contribution in [0.25, 0.3) is 6.08 Å². The third-order valence-corrected chi connectivity index (χ3v) is 5.18. The van der Waals surface area contributed by atoms with Gasteiger partial charge in [0.1, 0.15) is 6.61 Å². The first-order chi connectivity index (χ1) is 14.2. The van der Waals surface area contributed by atoms with Gasteiger partial charge in [-0.2, -0.15) is 0 Å². The van der Waals surface area contributed by atoms with E-state index in [4.69, 9.17) is 14.0 Å². The van der Waals surface area contributed by atoms with Crippen molar-refractivity contribution in [2.75, 3.05) is 6.54 Å². The Hall–Kier alpha value is -2.91. The van der Waals surface area contributed by atoms with E-state index < -0.39 is 24.4 Å². The third kappa shape index (κ3) is 5.37. The number of aromatic hydroxyl groups is 1. The monoisotopic (exact) mass is 411 g/mol. The number of nitrogens with zero attached hydrogens (tertiary/aromatic N) is 2. The number of hydrogen-bond acceptors (Lipinski definition) is 7. The molecule has 0 aliphatic carbocycles. The Morgan fingerprint density at radius 3 is 2.33 bits per heavy atom. The molecule has 8 nitrogen and oxygen atoms in total. The number of rotatable bonds is 6. The lowest BCUT2D eigenvalue weighted by Gasteiger charge is -2.32. The van der Waals surface area contributed by atoms with Gasteiger partial charge in [0.25, 0.3) is 0 Å². The van der Waals surface area contributed by atoms with Gasteiger partial charge in [-0.15, -0.1) is 0 Å². The second-order valence-electron chi connectivity index (χ2n) is 8.02. The summed E-state index contributed by atoms with van der Waals surface area (Å²) >= 11 is 0. The number of carbonyl (C=O) groups is 1. The van der Waals surface area contributed by atoms with Crippen molar-refractivity contribution in [1.82, 2.24) is 15.3 Å². The molecule has 0 atom stereocenters. The lowest BCUT2D eigenvalue weighted by molar-refractivity contribution is 0.00578. The zero-order chi connectivity index (χ0) is 21.8. The van der Waals surface area contributed by atoms with Gasteiger partial charge < -0.3 is 24.5 Å². The summed E-state index contributed by atoms with van der Waals surface area (Å²) < 4.78 is 17.5. The molecule has 2 aromatic rings. The first kappa shape index (κ1) is 21.8. The van der Waals surface area contributed by atoms with Gasteiger partial charge in [0.2, 0.25) is 0 Å². The van der Waals surface area contributed by atoms with Crippen molar-refractivity contribution in [1.29, 1.82) is 0 Å². The lowest BCUT2D eigenvalue weighted by atomic mass is 9.77. The van der Waals surface area contributed by atoms with Crippen molar-refractivity contribution in [3.8, 4) is 5.75 Å². The smallest absolute Gasteiger partial charge is 0.492 e. The normalized spacial score (nSPS) is 17.6. The van der Waals surface area contributed by atoms with E-state index >= 15 is 0 Å². The van der Waals surface area contributed by atoms with Crippen LogP contribution in [0.3, 0.4) is 0 Å². The van der Waals surface area contributed by atoms with Gasteiger partial charge in [-0.3, -0.25) is 0 Å². The molecule has 0 bridgehead atoms. The first-order valence-corrected chi connectivity index (χ1v) is 9.68. The van der Waals surface area contributed by atoms with E-state index in [0.29, 0.717) is 11.3 Å². The molecule has 1 aliphatic heterocycles. The Morgan fingerprint density at radius 1 is 1.13 bits per heavy atom. The Morgan fingerprint density at radius 2 is 1.73 bits per heavy atom. The highest BCUT2D eigenvalue weighted by atomic mass is 16.7. The van der Waals surface area contributed by atoms with Crippen molar-refractivity contribution in [3.63, 3.8) is 0 Å². The van der Waals surface area contributed by atoms with E-state index in [1.807, 2.05) is 58.0 Å². The summed E-state index contributed by atoms with van der Waals surface area (Å²) in [7, 11) is -0.693. The van der Waals surface area contributed by atoms with Crippen LogP contribution >= 0.6 is 0 Å². The highest BCUT2D eigenvalue weighted by molar-refractivity contribution is 6.55. The summed E-state index contributed by atoms with van der Waals surface area (Å²) in [5, 5.41) is 12.1. The summed E-state index contributed by atoms with van der Waals surface area (Å²) in [5.41, 5.74) is 0.434. The standard InChI is InChI=1S/C21H26BN3O5/c1-20(2)21(3,4)30-22(29-20)16(10-18-23-12-17(26)13-24-18)11-25-19(27)28-14-15-8-6-5-7-9-15/h5-10,12-13,26H,11,14H2,1-4H3,(H,25,27). The minimum absolute atomic E-state index is 0.0352. The van der Waals surface area contributed by atoms with E-state index in [-0.39, 0.29) is 18.9 Å². The lowest BCUT2D eigenvalue weighted by Crippen LogP contribution is -2.41. The Labute approximate surface area is 176 Å². The number of amides is 1. The van der Waals surface area contributed by atoms with E-state index in [1.165, 1.54) is 12.4 Å². The van der Waals surface area contributed by atoms with Crippen LogP contribution in [0, 0.1) is 0 Å². The highest BCUT2D eigenvalue weighted by Gasteiger charge is 2.52. The summed E-state index contributed by atoms with van der Waals surface area (Å²) in [6.45, 7) is 8.08. The minimum atomic E-state index is -0.693. The number of nitrogens with one attached hydrogen (secondary N) is 1. The SMILES string of the molecule is CC1(C)OB(C(=Cc2ncc(O)cn2)CNC(=O)OCc2ccccc2)OC1(C)C. The molecule has 1 amide bonds. The van der Waals surface area contributed by atoms with E-state index in [1.54, 1.807) is 6.08 Å². The summed E-state index contributed by atoms with van der Waals surface area (Å²) in [6.07, 6.45) is 3.69. The topological polar surface area (TPSA) is 103 Å². The van der Waals surface area contributed by atoms with Crippen LogP contribution in [-0.4, -0.2) is 46.0 Å². The van der Waals surface area contributed by atoms with Gasteiger partial charge in [0, 0.05) is 6.54 Å². The van der Waals surface area contributed by atoms with Crippen LogP contribution in [0.2, 0.25) is 0 Å². The van der Waals surface area contributed by atoms with Crippen LogP contribution < -0.4 is 5.32 Å². The summed E-state index contributed by atoms with van der Waals surface area (Å²) in [5.74, 6) is 0.323. The third-order valence-electron chi connectivity index (χ3n) is 5.18. The molecule has 0 saturated carbocycles. The number of benzene rings is 1. The molecule has 1 aliphatic rings. The molecule has 0 spiro atoms. The molecule has 1 saturated heterocycles.